The van der Waals surface area contributed by atoms with Crippen molar-refractivity contribution in [2.75, 3.05) is 7.05 Å². The van der Waals surface area contributed by atoms with E-state index >= 15 is 0 Å². The van der Waals surface area contributed by atoms with E-state index in [1.54, 1.807) is 0 Å². The van der Waals surface area contributed by atoms with E-state index < -0.39 is 0 Å². The molecule has 2 aliphatic rings. The van der Waals surface area contributed by atoms with Crippen LogP contribution >= 0.6 is 23.2 Å². The number of halogens is 2. The van der Waals surface area contributed by atoms with Gasteiger partial charge in [0, 0.05) is 12.6 Å². The Hall–Kier alpha value is -0.280. The molecule has 2 nitrogen and oxygen atoms in total. The van der Waals surface area contributed by atoms with Crippen molar-refractivity contribution in [1.29, 1.82) is 0 Å². The fourth-order valence-corrected chi connectivity index (χ4v) is 4.36. The van der Waals surface area contributed by atoms with Gasteiger partial charge in [-0.1, -0.05) is 35.3 Å². The van der Waals surface area contributed by atoms with Gasteiger partial charge in [0.25, 0.3) is 0 Å². The first kappa shape index (κ1) is 14.6. The summed E-state index contributed by atoms with van der Waals surface area (Å²) in [7, 11) is 2.17. The van der Waals surface area contributed by atoms with Crippen LogP contribution in [0, 0.1) is 11.8 Å². The summed E-state index contributed by atoms with van der Waals surface area (Å²) in [5, 5.41) is 11.0. The zero-order chi connectivity index (χ0) is 14.3. The fourth-order valence-electron chi connectivity index (χ4n) is 3.98. The van der Waals surface area contributed by atoms with Crippen LogP contribution in [-0.2, 0) is 6.54 Å². The number of hydrogen-bond acceptors (Lipinski definition) is 2. The van der Waals surface area contributed by atoms with Gasteiger partial charge in [-0.05, 0) is 56.2 Å². The van der Waals surface area contributed by atoms with E-state index in [1.165, 1.54) is 12.8 Å². The Morgan fingerprint density at radius 1 is 1.15 bits per heavy atom. The van der Waals surface area contributed by atoms with Crippen LogP contribution in [0.15, 0.2) is 18.2 Å². The minimum atomic E-state index is -0.0568. The number of benzene rings is 1. The smallest absolute Gasteiger partial charge is 0.0637 e. The Balaban J connectivity index is 1.63. The van der Waals surface area contributed by atoms with Crippen molar-refractivity contribution in [3.63, 3.8) is 0 Å². The molecule has 2 unspecified atom stereocenters. The molecule has 2 saturated carbocycles. The zero-order valence-electron chi connectivity index (χ0n) is 11.7. The van der Waals surface area contributed by atoms with Gasteiger partial charge in [0.15, 0.2) is 0 Å². The first-order valence-corrected chi connectivity index (χ1v) is 8.11. The van der Waals surface area contributed by atoms with Gasteiger partial charge in [0.05, 0.1) is 16.1 Å². The Kier molecular flexibility index (Phi) is 4.28. The molecule has 4 heteroatoms. The van der Waals surface area contributed by atoms with Gasteiger partial charge >= 0.3 is 0 Å². The summed E-state index contributed by atoms with van der Waals surface area (Å²) in [6, 6.07) is 6.43. The molecule has 0 aromatic heterocycles. The molecule has 0 aliphatic heterocycles. The maximum absolute atomic E-state index is 9.72. The molecule has 2 fully saturated rings. The van der Waals surface area contributed by atoms with Gasteiger partial charge < -0.3 is 5.11 Å². The first-order chi connectivity index (χ1) is 9.54. The van der Waals surface area contributed by atoms with Gasteiger partial charge in [0.2, 0.25) is 0 Å². The average molecular weight is 314 g/mol. The number of rotatable bonds is 3. The first-order valence-electron chi connectivity index (χ1n) is 7.35. The van der Waals surface area contributed by atoms with Gasteiger partial charge in [0.1, 0.15) is 0 Å². The highest BCUT2D eigenvalue weighted by Crippen LogP contribution is 2.45. The van der Waals surface area contributed by atoms with Crippen LogP contribution in [0.5, 0.6) is 0 Å². The second-order valence-electron chi connectivity index (χ2n) is 6.40. The van der Waals surface area contributed by atoms with E-state index in [9.17, 15) is 5.11 Å². The average Bonchev–Trinajstić information content (AvgIpc) is 2.92. The molecule has 0 saturated heterocycles. The highest BCUT2D eigenvalue weighted by atomic mass is 35.5. The summed E-state index contributed by atoms with van der Waals surface area (Å²) in [4.78, 5) is 2.39. The van der Waals surface area contributed by atoms with Gasteiger partial charge in [-0.2, -0.15) is 0 Å². The van der Waals surface area contributed by atoms with E-state index in [0.29, 0.717) is 27.9 Å². The maximum Gasteiger partial charge on any atom is 0.0637 e. The number of aliphatic hydroxyl groups is 1. The summed E-state index contributed by atoms with van der Waals surface area (Å²) < 4.78 is 0. The number of nitrogens with zero attached hydrogens (tertiary/aromatic N) is 1. The third kappa shape index (κ3) is 2.85. The largest absolute Gasteiger partial charge is 0.393 e. The van der Waals surface area contributed by atoms with Crippen LogP contribution in [0.2, 0.25) is 10.0 Å². The molecule has 110 valence electrons. The standard InChI is InChI=1S/C16H21Cl2NO/c1-19(9-10-3-2-4-15(17)16(10)18)13-5-11-7-14(20)8-12(11)6-13/h2-4,11-14,20H,5-9H2,1H3/t11-,12+,13?,14?. The number of hydrogen-bond donors (Lipinski definition) is 1. The third-order valence-corrected chi connectivity index (χ3v) is 5.90. The van der Waals surface area contributed by atoms with Crippen LogP contribution in [0.1, 0.15) is 31.2 Å². The minimum Gasteiger partial charge on any atom is -0.393 e. The lowest BCUT2D eigenvalue weighted by Crippen LogP contribution is -2.30. The second kappa shape index (κ2) is 5.84. The van der Waals surface area contributed by atoms with E-state index in [0.717, 1.165) is 24.9 Å². The van der Waals surface area contributed by atoms with Gasteiger partial charge in [-0.25, -0.2) is 0 Å². The topological polar surface area (TPSA) is 23.5 Å². The van der Waals surface area contributed by atoms with Crippen molar-refractivity contribution in [2.45, 2.75) is 44.4 Å². The Labute approximate surface area is 130 Å². The zero-order valence-corrected chi connectivity index (χ0v) is 13.2. The quantitative estimate of drug-likeness (QED) is 0.912. The van der Waals surface area contributed by atoms with E-state index in [-0.39, 0.29) is 6.10 Å². The van der Waals surface area contributed by atoms with Gasteiger partial charge in [-0.3, -0.25) is 4.90 Å². The molecular formula is C16H21Cl2NO. The van der Waals surface area contributed by atoms with Gasteiger partial charge in [-0.15, -0.1) is 0 Å². The molecule has 0 amide bonds. The maximum atomic E-state index is 9.72. The van der Waals surface area contributed by atoms with Crippen molar-refractivity contribution in [3.8, 4) is 0 Å². The summed E-state index contributed by atoms with van der Waals surface area (Å²) in [6.07, 6.45) is 4.34. The highest BCUT2D eigenvalue weighted by molar-refractivity contribution is 6.42. The molecule has 1 N–H and O–H groups in total. The Morgan fingerprint density at radius 2 is 1.80 bits per heavy atom. The molecule has 1 aromatic carbocycles. The lowest BCUT2D eigenvalue weighted by molar-refractivity contribution is 0.158. The van der Waals surface area contributed by atoms with Crippen LogP contribution in [0.4, 0.5) is 0 Å². The van der Waals surface area contributed by atoms with E-state index in [2.05, 4.69) is 11.9 Å². The summed E-state index contributed by atoms with van der Waals surface area (Å²) in [6.45, 7) is 0.839. The monoisotopic (exact) mass is 313 g/mol. The lowest BCUT2D eigenvalue weighted by Gasteiger charge is -2.26. The van der Waals surface area contributed by atoms with Crippen molar-refractivity contribution >= 4 is 23.2 Å². The Bertz CT molecular complexity index is 479. The minimum absolute atomic E-state index is 0.0568. The normalized spacial score (nSPS) is 32.9. The number of fused-ring (bicyclic) bond motifs is 1. The molecule has 4 atom stereocenters. The molecule has 0 bridgehead atoms. The highest BCUT2D eigenvalue weighted by Gasteiger charge is 2.42. The van der Waals surface area contributed by atoms with Crippen molar-refractivity contribution in [2.24, 2.45) is 11.8 Å². The van der Waals surface area contributed by atoms with Crippen molar-refractivity contribution < 1.29 is 5.11 Å². The third-order valence-electron chi connectivity index (χ3n) is 5.04. The van der Waals surface area contributed by atoms with Crippen LogP contribution in [0.25, 0.3) is 0 Å². The molecular weight excluding hydrogens is 293 g/mol. The predicted molar refractivity (Wildman–Crippen MR) is 83.2 cm³/mol. The fraction of sp³-hybridized carbons (Fsp3) is 0.625. The predicted octanol–water partition coefficient (Wildman–Crippen LogP) is 3.97. The molecule has 0 heterocycles. The summed E-state index contributed by atoms with van der Waals surface area (Å²) in [5.41, 5.74) is 1.10. The van der Waals surface area contributed by atoms with Crippen LogP contribution in [-0.4, -0.2) is 29.2 Å². The molecule has 20 heavy (non-hydrogen) atoms. The van der Waals surface area contributed by atoms with Crippen molar-refractivity contribution in [3.05, 3.63) is 33.8 Å². The number of aliphatic hydroxyl groups excluding tert-OH is 1. The molecule has 3 rings (SSSR count). The lowest BCUT2D eigenvalue weighted by atomic mass is 10.0. The summed E-state index contributed by atoms with van der Waals surface area (Å²) >= 11 is 12.3. The summed E-state index contributed by atoms with van der Waals surface area (Å²) in [5.74, 6) is 1.43. The van der Waals surface area contributed by atoms with E-state index in [4.69, 9.17) is 23.2 Å². The van der Waals surface area contributed by atoms with E-state index in [1.807, 2.05) is 18.2 Å². The molecule has 1 aromatic rings. The SMILES string of the molecule is CN(Cc1cccc(Cl)c1Cl)C1C[C@H]2CC(O)C[C@H]2C1. The molecule has 2 aliphatic carbocycles. The van der Waals surface area contributed by atoms with Crippen LogP contribution in [0.3, 0.4) is 0 Å². The van der Waals surface area contributed by atoms with Crippen LogP contribution < -0.4 is 0 Å². The molecule has 0 spiro atoms. The Morgan fingerprint density at radius 3 is 2.45 bits per heavy atom. The molecule has 0 radical (unpaired) electrons. The second-order valence-corrected chi connectivity index (χ2v) is 7.18. The van der Waals surface area contributed by atoms with Crippen molar-refractivity contribution in [1.82, 2.24) is 4.90 Å².